The molecule has 0 radical (unpaired) electrons. The Bertz CT molecular complexity index is 3870. The highest BCUT2D eigenvalue weighted by Gasteiger charge is 2.50. The molecule has 1 atom stereocenters. The minimum absolute atomic E-state index is 0.613. The van der Waals surface area contributed by atoms with Gasteiger partial charge in [-0.25, -0.2) is 0 Å². The molecule has 1 unspecified atom stereocenters. The topological polar surface area (TPSA) is 16.4 Å². The highest BCUT2D eigenvalue weighted by molar-refractivity contribution is 7.25. The van der Waals surface area contributed by atoms with Gasteiger partial charge in [-0.15, -0.1) is 11.3 Å². The molecule has 12 aromatic rings. The summed E-state index contributed by atoms with van der Waals surface area (Å²) >= 11 is 1.89. The highest BCUT2D eigenvalue weighted by atomic mass is 32.1. The van der Waals surface area contributed by atoms with Crippen molar-refractivity contribution >= 4 is 70.5 Å². The number of para-hydroxylation sites is 3. The maximum absolute atomic E-state index is 6.86. The average molecular weight is 832 g/mol. The molecule has 0 bridgehead atoms. The van der Waals surface area contributed by atoms with E-state index in [-0.39, 0.29) is 0 Å². The Morgan fingerprint density at radius 1 is 0.344 bits per heavy atom. The summed E-state index contributed by atoms with van der Waals surface area (Å²) in [6.45, 7) is 0. The van der Waals surface area contributed by atoms with Gasteiger partial charge in [0, 0.05) is 42.2 Å². The van der Waals surface area contributed by atoms with Crippen molar-refractivity contribution in [2.75, 3.05) is 4.90 Å². The molecule has 3 heteroatoms. The first kappa shape index (κ1) is 35.6. The second-order valence-electron chi connectivity index (χ2n) is 17.1. The van der Waals surface area contributed by atoms with Gasteiger partial charge in [0.25, 0.3) is 0 Å². The zero-order valence-corrected chi connectivity index (χ0v) is 35.4. The van der Waals surface area contributed by atoms with E-state index in [0.717, 1.165) is 50.1 Å². The van der Waals surface area contributed by atoms with Crippen LogP contribution in [0, 0.1) is 0 Å². The van der Waals surface area contributed by atoms with Crippen LogP contribution in [0.2, 0.25) is 0 Å². The van der Waals surface area contributed by atoms with Crippen molar-refractivity contribution in [3.63, 3.8) is 0 Å². The lowest BCUT2D eigenvalue weighted by Crippen LogP contribution is -2.29. The third-order valence-electron chi connectivity index (χ3n) is 13.9. The lowest BCUT2D eigenvalue weighted by atomic mass is 9.65. The van der Waals surface area contributed by atoms with Crippen molar-refractivity contribution in [2.24, 2.45) is 0 Å². The van der Waals surface area contributed by atoms with Gasteiger partial charge in [-0.05, 0) is 110 Å². The Hall–Kier alpha value is -7.98. The first-order chi connectivity index (χ1) is 31.8. The Morgan fingerprint density at radius 2 is 0.922 bits per heavy atom. The number of hydrogen-bond acceptors (Lipinski definition) is 3. The van der Waals surface area contributed by atoms with Crippen LogP contribution < -0.4 is 4.90 Å². The summed E-state index contributed by atoms with van der Waals surface area (Å²) < 4.78 is 9.49. The molecule has 2 aliphatic rings. The molecule has 64 heavy (non-hydrogen) atoms. The van der Waals surface area contributed by atoms with Crippen LogP contribution >= 0.6 is 11.3 Å². The maximum atomic E-state index is 6.86. The molecular formula is C61H37NOS. The van der Waals surface area contributed by atoms with Crippen LogP contribution in [0.25, 0.3) is 86.6 Å². The van der Waals surface area contributed by atoms with Gasteiger partial charge in [-0.2, -0.15) is 0 Å². The van der Waals surface area contributed by atoms with Crippen molar-refractivity contribution in [1.29, 1.82) is 0 Å². The van der Waals surface area contributed by atoms with Crippen LogP contribution in [0.1, 0.15) is 22.3 Å². The fourth-order valence-electron chi connectivity index (χ4n) is 11.3. The SMILES string of the molecule is c1ccc(-c2ccccc2N(c2ccc3c(c2)-c2ccccc2-c2ccccc2C32c3ccccc3-c3cc4sc5ccccc5c4cc32)c2cccc3c2oc2ccccc23)cc1. The van der Waals surface area contributed by atoms with Gasteiger partial charge < -0.3 is 9.32 Å². The van der Waals surface area contributed by atoms with Crippen LogP contribution in [-0.4, -0.2) is 0 Å². The molecule has 0 fully saturated rings. The van der Waals surface area contributed by atoms with Gasteiger partial charge >= 0.3 is 0 Å². The van der Waals surface area contributed by atoms with E-state index in [1.165, 1.54) is 75.8 Å². The molecule has 0 amide bonds. The summed E-state index contributed by atoms with van der Waals surface area (Å²) in [5.74, 6) is 0. The predicted molar refractivity (Wildman–Crippen MR) is 268 cm³/mol. The van der Waals surface area contributed by atoms with Crippen LogP contribution in [0.5, 0.6) is 0 Å². The molecule has 2 heterocycles. The molecule has 2 aliphatic carbocycles. The number of fused-ring (bicyclic) bond motifs is 18. The van der Waals surface area contributed by atoms with E-state index in [1.807, 2.05) is 11.3 Å². The molecule has 0 saturated heterocycles. The van der Waals surface area contributed by atoms with Crippen molar-refractivity contribution in [1.82, 2.24) is 0 Å². The van der Waals surface area contributed by atoms with Gasteiger partial charge in [0.1, 0.15) is 5.58 Å². The standard InChI is InChI=1S/C61H37NOS/c1-2-17-38(18-3-1)40-19-8-13-29-55(40)62(56-30-16-26-47-45-24-9-14-31-57(45)63-60(47)56)39-33-34-53-48(35-39)42-21-5-4-20-41(42)43-22-6-11-27-51(43)61(53)52-28-12-7-23-44(52)49-37-59-50(36-54(49)61)46-25-10-15-32-58(46)64-59/h1-37H. The van der Waals surface area contributed by atoms with Gasteiger partial charge in [0.15, 0.2) is 5.58 Å². The zero-order valence-electron chi connectivity index (χ0n) is 34.6. The number of rotatable bonds is 4. The van der Waals surface area contributed by atoms with Crippen molar-refractivity contribution < 1.29 is 4.42 Å². The molecule has 0 N–H and O–H groups in total. The first-order valence-electron chi connectivity index (χ1n) is 22.0. The van der Waals surface area contributed by atoms with Crippen LogP contribution in [0.3, 0.4) is 0 Å². The summed E-state index contributed by atoms with van der Waals surface area (Å²) in [5.41, 5.74) is 19.3. The monoisotopic (exact) mass is 831 g/mol. The second kappa shape index (κ2) is 13.5. The molecule has 2 nitrogen and oxygen atoms in total. The first-order valence-corrected chi connectivity index (χ1v) is 22.8. The van der Waals surface area contributed by atoms with Gasteiger partial charge in [0.2, 0.25) is 0 Å². The maximum Gasteiger partial charge on any atom is 0.159 e. The highest BCUT2D eigenvalue weighted by Crippen LogP contribution is 2.63. The van der Waals surface area contributed by atoms with E-state index in [0.29, 0.717) is 0 Å². The number of nitrogens with zero attached hydrogens (tertiary/aromatic N) is 1. The number of benzene rings is 10. The number of anilines is 3. The van der Waals surface area contributed by atoms with E-state index in [1.54, 1.807) is 0 Å². The van der Waals surface area contributed by atoms with E-state index >= 15 is 0 Å². The van der Waals surface area contributed by atoms with Gasteiger partial charge in [0.05, 0.1) is 16.8 Å². The van der Waals surface area contributed by atoms with Crippen LogP contribution in [-0.2, 0) is 5.41 Å². The predicted octanol–water partition coefficient (Wildman–Crippen LogP) is 17.1. The van der Waals surface area contributed by atoms with Crippen LogP contribution in [0.15, 0.2) is 229 Å². The fourth-order valence-corrected chi connectivity index (χ4v) is 12.4. The van der Waals surface area contributed by atoms with Crippen molar-refractivity contribution in [2.45, 2.75) is 5.41 Å². The minimum atomic E-state index is -0.613. The minimum Gasteiger partial charge on any atom is -0.454 e. The molecule has 0 aliphatic heterocycles. The Labute approximate surface area is 374 Å². The van der Waals surface area contributed by atoms with E-state index in [4.69, 9.17) is 4.42 Å². The molecule has 0 saturated carbocycles. The Kier molecular flexibility index (Phi) is 7.51. The molecule has 10 aromatic carbocycles. The average Bonchev–Trinajstić information content (AvgIpc) is 4.00. The number of thiophene rings is 1. The largest absolute Gasteiger partial charge is 0.454 e. The van der Waals surface area contributed by atoms with E-state index in [9.17, 15) is 0 Å². The molecule has 2 aromatic heterocycles. The number of furan rings is 1. The normalized spacial score (nSPS) is 14.6. The van der Waals surface area contributed by atoms with E-state index < -0.39 is 5.41 Å². The summed E-state index contributed by atoms with van der Waals surface area (Å²) in [4.78, 5) is 2.43. The Morgan fingerprint density at radius 3 is 1.73 bits per heavy atom. The lowest BCUT2D eigenvalue weighted by Gasteiger charge is -2.36. The second-order valence-corrected chi connectivity index (χ2v) is 18.2. The van der Waals surface area contributed by atoms with Gasteiger partial charge in [-0.3, -0.25) is 0 Å². The smallest absolute Gasteiger partial charge is 0.159 e. The molecule has 1 spiro atoms. The van der Waals surface area contributed by atoms with E-state index in [2.05, 4.69) is 229 Å². The Balaban J connectivity index is 1.11. The third kappa shape index (κ3) is 4.85. The van der Waals surface area contributed by atoms with Gasteiger partial charge in [-0.1, -0.05) is 176 Å². The molecule has 298 valence electrons. The van der Waals surface area contributed by atoms with Crippen molar-refractivity contribution in [3.05, 3.63) is 247 Å². The summed E-state index contributed by atoms with van der Waals surface area (Å²) in [6.07, 6.45) is 0. The summed E-state index contributed by atoms with van der Waals surface area (Å²) in [5, 5.41) is 4.82. The number of hydrogen-bond donors (Lipinski definition) is 0. The molecule has 14 rings (SSSR count). The fraction of sp³-hybridized carbons (Fsp3) is 0.0164. The molecular weight excluding hydrogens is 795 g/mol. The summed E-state index contributed by atoms with van der Waals surface area (Å²) in [6, 6.07) is 83.0. The van der Waals surface area contributed by atoms with Crippen molar-refractivity contribution in [3.8, 4) is 44.5 Å². The zero-order chi connectivity index (χ0) is 41.9. The van der Waals surface area contributed by atoms with Crippen LogP contribution in [0.4, 0.5) is 17.1 Å². The summed E-state index contributed by atoms with van der Waals surface area (Å²) in [7, 11) is 0. The quantitative estimate of drug-likeness (QED) is 0.176. The third-order valence-corrected chi connectivity index (χ3v) is 15.0. The lowest BCUT2D eigenvalue weighted by molar-refractivity contribution is 0.669.